The number of nitrogens with zero attached hydrogens (tertiary/aromatic N) is 2. The Kier molecular flexibility index (Phi) is 7.86. The summed E-state index contributed by atoms with van der Waals surface area (Å²) in [6, 6.07) is 8.43. The first-order chi connectivity index (χ1) is 13.3. The van der Waals surface area contributed by atoms with Crippen LogP contribution in [0.3, 0.4) is 0 Å². The summed E-state index contributed by atoms with van der Waals surface area (Å²) in [5.74, 6) is 0.642. The molecular formula is C20H32N4O3S. The first-order valence-electron chi connectivity index (χ1n) is 9.82. The van der Waals surface area contributed by atoms with Crippen LogP contribution in [0.15, 0.2) is 40.2 Å². The average Bonchev–Trinajstić information content (AvgIpc) is 3.16. The quantitative estimate of drug-likeness (QED) is 0.504. The molecule has 0 unspecified atom stereocenters. The molecule has 1 aliphatic carbocycles. The molecule has 0 bridgehead atoms. The normalized spacial score (nSPS) is 16.6. The number of carbonyl (C=O) groups is 1. The summed E-state index contributed by atoms with van der Waals surface area (Å²) in [7, 11) is 0.219. The van der Waals surface area contributed by atoms with Crippen molar-refractivity contribution >= 4 is 21.7 Å². The van der Waals surface area contributed by atoms with Gasteiger partial charge in [0.1, 0.15) is 0 Å². The van der Waals surface area contributed by atoms with Crippen LogP contribution in [0.5, 0.6) is 0 Å². The second-order valence-electron chi connectivity index (χ2n) is 7.44. The van der Waals surface area contributed by atoms with Gasteiger partial charge in [0.05, 0.1) is 22.6 Å². The van der Waals surface area contributed by atoms with Crippen LogP contribution >= 0.6 is 0 Å². The SMILES string of the molecule is CCNC(=NCC1(C(=O)N(C)C)CCCC1)NCCS(=O)(=O)c1ccccc1. The van der Waals surface area contributed by atoms with Gasteiger partial charge in [-0.15, -0.1) is 0 Å². The summed E-state index contributed by atoms with van der Waals surface area (Å²) in [6.07, 6.45) is 3.76. The van der Waals surface area contributed by atoms with E-state index in [2.05, 4.69) is 15.6 Å². The highest BCUT2D eigenvalue weighted by Crippen LogP contribution is 2.39. The zero-order chi connectivity index (χ0) is 20.6. The molecule has 1 fully saturated rings. The number of hydrogen-bond donors (Lipinski definition) is 2. The molecule has 0 spiro atoms. The predicted octanol–water partition coefficient (Wildman–Crippen LogP) is 1.66. The van der Waals surface area contributed by atoms with E-state index in [1.54, 1.807) is 49.3 Å². The second-order valence-corrected chi connectivity index (χ2v) is 9.55. The molecule has 0 aromatic heterocycles. The van der Waals surface area contributed by atoms with Gasteiger partial charge < -0.3 is 15.5 Å². The van der Waals surface area contributed by atoms with E-state index in [9.17, 15) is 13.2 Å². The summed E-state index contributed by atoms with van der Waals surface area (Å²) >= 11 is 0. The number of guanidine groups is 1. The number of nitrogens with one attached hydrogen (secondary N) is 2. The molecule has 1 aromatic carbocycles. The van der Waals surface area contributed by atoms with Crippen molar-refractivity contribution in [2.75, 3.05) is 39.5 Å². The number of carbonyl (C=O) groups excluding carboxylic acids is 1. The smallest absolute Gasteiger partial charge is 0.230 e. The van der Waals surface area contributed by atoms with Crippen molar-refractivity contribution in [2.24, 2.45) is 10.4 Å². The maximum absolute atomic E-state index is 12.7. The molecule has 1 aliphatic rings. The average molecular weight is 409 g/mol. The third kappa shape index (κ3) is 5.70. The maximum atomic E-state index is 12.7. The van der Waals surface area contributed by atoms with Gasteiger partial charge in [-0.1, -0.05) is 31.0 Å². The van der Waals surface area contributed by atoms with Crippen LogP contribution in [0.2, 0.25) is 0 Å². The third-order valence-corrected chi connectivity index (χ3v) is 6.80. The minimum absolute atomic E-state index is 0.0246. The van der Waals surface area contributed by atoms with Crippen molar-refractivity contribution in [1.82, 2.24) is 15.5 Å². The van der Waals surface area contributed by atoms with Crippen molar-refractivity contribution in [3.05, 3.63) is 30.3 Å². The predicted molar refractivity (Wildman–Crippen MR) is 112 cm³/mol. The molecule has 0 atom stereocenters. The lowest BCUT2D eigenvalue weighted by molar-refractivity contribution is -0.138. The fourth-order valence-corrected chi connectivity index (χ4v) is 4.77. The molecule has 0 aliphatic heterocycles. The molecule has 0 heterocycles. The van der Waals surface area contributed by atoms with E-state index in [0.717, 1.165) is 25.7 Å². The van der Waals surface area contributed by atoms with Gasteiger partial charge in [-0.3, -0.25) is 9.79 Å². The van der Waals surface area contributed by atoms with Crippen LogP contribution in [-0.4, -0.2) is 64.7 Å². The van der Waals surface area contributed by atoms with Gasteiger partial charge in [-0.25, -0.2) is 8.42 Å². The third-order valence-electron chi connectivity index (χ3n) is 5.07. The fourth-order valence-electron chi connectivity index (χ4n) is 3.59. The van der Waals surface area contributed by atoms with Crippen molar-refractivity contribution < 1.29 is 13.2 Å². The van der Waals surface area contributed by atoms with Crippen molar-refractivity contribution in [2.45, 2.75) is 37.5 Å². The summed E-state index contributed by atoms with van der Waals surface area (Å²) in [5, 5.41) is 6.23. The summed E-state index contributed by atoms with van der Waals surface area (Å²) in [6.45, 7) is 3.27. The van der Waals surface area contributed by atoms with E-state index >= 15 is 0 Å². The van der Waals surface area contributed by atoms with Crippen LogP contribution in [0, 0.1) is 5.41 Å². The van der Waals surface area contributed by atoms with Gasteiger partial charge in [0.25, 0.3) is 0 Å². The van der Waals surface area contributed by atoms with Gasteiger partial charge >= 0.3 is 0 Å². The first kappa shape index (κ1) is 22.2. The zero-order valence-electron chi connectivity index (χ0n) is 17.1. The lowest BCUT2D eigenvalue weighted by Crippen LogP contribution is -2.43. The molecule has 0 radical (unpaired) electrons. The number of benzene rings is 1. The summed E-state index contributed by atoms with van der Waals surface area (Å²) < 4.78 is 24.8. The van der Waals surface area contributed by atoms with Crippen LogP contribution in [0.1, 0.15) is 32.6 Å². The van der Waals surface area contributed by atoms with E-state index in [1.165, 1.54) is 0 Å². The standard InChI is InChI=1S/C20H32N4O3S/c1-4-21-19(22-14-15-28(26,27)17-10-6-5-7-11-17)23-16-20(12-8-9-13-20)18(25)24(2)3/h5-7,10-11H,4,8-9,12-16H2,1-3H3,(H2,21,22,23). The van der Waals surface area contributed by atoms with Crippen molar-refractivity contribution in [3.8, 4) is 0 Å². The maximum Gasteiger partial charge on any atom is 0.230 e. The molecule has 8 heteroatoms. The Hall–Kier alpha value is -2.09. The lowest BCUT2D eigenvalue weighted by Gasteiger charge is -2.29. The molecule has 1 amide bonds. The van der Waals surface area contributed by atoms with E-state index in [-0.39, 0.29) is 18.2 Å². The van der Waals surface area contributed by atoms with E-state index in [4.69, 9.17) is 0 Å². The van der Waals surface area contributed by atoms with Crippen LogP contribution in [0.4, 0.5) is 0 Å². The van der Waals surface area contributed by atoms with Crippen LogP contribution in [-0.2, 0) is 14.6 Å². The Bertz CT molecular complexity index is 770. The Morgan fingerprint density at radius 3 is 2.36 bits per heavy atom. The Balaban J connectivity index is 2.01. The van der Waals surface area contributed by atoms with Gasteiger partial charge in [-0.05, 0) is 31.9 Å². The molecular weight excluding hydrogens is 376 g/mol. The van der Waals surface area contributed by atoms with Crippen LogP contribution < -0.4 is 10.6 Å². The largest absolute Gasteiger partial charge is 0.357 e. The Labute approximate surface area is 168 Å². The molecule has 0 saturated heterocycles. The molecule has 28 heavy (non-hydrogen) atoms. The van der Waals surface area contributed by atoms with Gasteiger partial charge in [0.2, 0.25) is 5.91 Å². The molecule has 1 saturated carbocycles. The highest BCUT2D eigenvalue weighted by molar-refractivity contribution is 7.91. The Morgan fingerprint density at radius 2 is 1.79 bits per heavy atom. The molecule has 7 nitrogen and oxygen atoms in total. The van der Waals surface area contributed by atoms with Crippen molar-refractivity contribution in [3.63, 3.8) is 0 Å². The number of rotatable bonds is 8. The first-order valence-corrected chi connectivity index (χ1v) is 11.5. The topological polar surface area (TPSA) is 90.9 Å². The van der Waals surface area contributed by atoms with Crippen molar-refractivity contribution in [1.29, 1.82) is 0 Å². The highest BCUT2D eigenvalue weighted by atomic mass is 32.2. The minimum atomic E-state index is -3.34. The number of amides is 1. The van der Waals surface area contributed by atoms with E-state index in [1.807, 2.05) is 6.92 Å². The molecule has 2 rings (SSSR count). The zero-order valence-corrected chi connectivity index (χ0v) is 17.9. The number of hydrogen-bond acceptors (Lipinski definition) is 4. The summed E-state index contributed by atoms with van der Waals surface area (Å²) in [4.78, 5) is 19.3. The van der Waals surface area contributed by atoms with Gasteiger partial charge in [-0.2, -0.15) is 0 Å². The van der Waals surface area contributed by atoms with Gasteiger partial charge in [0.15, 0.2) is 15.8 Å². The highest BCUT2D eigenvalue weighted by Gasteiger charge is 2.42. The Morgan fingerprint density at radius 1 is 1.14 bits per heavy atom. The molecule has 1 aromatic rings. The second kappa shape index (κ2) is 9.91. The molecule has 2 N–H and O–H groups in total. The van der Waals surface area contributed by atoms with Crippen LogP contribution in [0.25, 0.3) is 0 Å². The lowest BCUT2D eigenvalue weighted by atomic mass is 9.85. The fraction of sp³-hybridized carbons (Fsp3) is 0.600. The minimum Gasteiger partial charge on any atom is -0.357 e. The number of sulfone groups is 1. The molecule has 156 valence electrons. The monoisotopic (exact) mass is 408 g/mol. The van der Waals surface area contributed by atoms with Gasteiger partial charge in [0, 0.05) is 27.2 Å². The number of aliphatic imine (C=N–C) groups is 1. The summed E-state index contributed by atoms with van der Waals surface area (Å²) in [5.41, 5.74) is -0.442. The van der Waals surface area contributed by atoms with E-state index < -0.39 is 15.3 Å². The van der Waals surface area contributed by atoms with E-state index in [0.29, 0.717) is 23.9 Å².